The van der Waals surface area contributed by atoms with E-state index < -0.39 is 6.09 Å². The Morgan fingerprint density at radius 2 is 1.95 bits per heavy atom. The average Bonchev–Trinajstić information content (AvgIpc) is 2.42. The fraction of sp³-hybridized carbons (Fsp3) is 0.533. The predicted molar refractivity (Wildman–Crippen MR) is 74.7 cm³/mol. The van der Waals surface area contributed by atoms with Crippen LogP contribution in [-0.4, -0.2) is 23.8 Å². The fourth-order valence-corrected chi connectivity index (χ4v) is 1.68. The minimum atomic E-state index is -0.480. The van der Waals surface area contributed by atoms with Gasteiger partial charge in [0.15, 0.2) is 0 Å². The number of aliphatic hydroxyl groups is 1. The van der Waals surface area contributed by atoms with E-state index in [0.717, 1.165) is 18.4 Å². The summed E-state index contributed by atoms with van der Waals surface area (Å²) in [5.41, 5.74) is 0.945. The molecule has 0 bridgehead atoms. The summed E-state index contributed by atoms with van der Waals surface area (Å²) in [5.74, 6) is 0.552. The first-order chi connectivity index (χ1) is 9.11. The van der Waals surface area contributed by atoms with Gasteiger partial charge in [-0.3, -0.25) is 0 Å². The van der Waals surface area contributed by atoms with E-state index >= 15 is 0 Å². The van der Waals surface area contributed by atoms with Gasteiger partial charge in [0.25, 0.3) is 0 Å². The van der Waals surface area contributed by atoms with Crippen molar-refractivity contribution in [3.05, 3.63) is 35.9 Å². The molecular formula is C15H23NO3. The Bertz CT molecular complexity index is 365. The summed E-state index contributed by atoms with van der Waals surface area (Å²) < 4.78 is 5.11. The summed E-state index contributed by atoms with van der Waals surface area (Å²) in [7, 11) is 0. The summed E-state index contributed by atoms with van der Waals surface area (Å²) in [6, 6.07) is 9.28. The van der Waals surface area contributed by atoms with Crippen LogP contribution in [-0.2, 0) is 11.3 Å². The molecule has 0 spiro atoms. The third-order valence-corrected chi connectivity index (χ3v) is 2.85. The van der Waals surface area contributed by atoms with Gasteiger partial charge in [0.05, 0.1) is 12.6 Å². The second kappa shape index (κ2) is 8.53. The lowest BCUT2D eigenvalue weighted by molar-refractivity contribution is 0.127. The molecule has 1 amide bonds. The zero-order valence-corrected chi connectivity index (χ0v) is 11.6. The molecule has 0 aliphatic carbocycles. The van der Waals surface area contributed by atoms with Crippen LogP contribution in [0.5, 0.6) is 0 Å². The van der Waals surface area contributed by atoms with Crippen molar-refractivity contribution in [1.29, 1.82) is 0 Å². The Labute approximate surface area is 114 Å². The Hall–Kier alpha value is -1.55. The molecule has 4 heteroatoms. The van der Waals surface area contributed by atoms with Gasteiger partial charge < -0.3 is 15.2 Å². The number of hydrogen-bond donors (Lipinski definition) is 2. The molecule has 0 fully saturated rings. The Balaban J connectivity index is 2.29. The molecule has 0 aliphatic rings. The van der Waals surface area contributed by atoms with E-state index in [-0.39, 0.29) is 19.3 Å². The zero-order valence-electron chi connectivity index (χ0n) is 11.6. The van der Waals surface area contributed by atoms with Crippen molar-refractivity contribution < 1.29 is 14.6 Å². The molecule has 106 valence electrons. The van der Waals surface area contributed by atoms with Gasteiger partial charge in [-0.15, -0.1) is 0 Å². The van der Waals surface area contributed by atoms with Crippen molar-refractivity contribution in [3.8, 4) is 0 Å². The van der Waals surface area contributed by atoms with Gasteiger partial charge in [-0.05, 0) is 24.3 Å². The van der Waals surface area contributed by atoms with E-state index in [0.29, 0.717) is 5.92 Å². The van der Waals surface area contributed by atoms with Crippen molar-refractivity contribution in [2.45, 2.75) is 39.3 Å². The second-order valence-corrected chi connectivity index (χ2v) is 5.06. The molecule has 0 saturated heterocycles. The van der Waals surface area contributed by atoms with Gasteiger partial charge in [0, 0.05) is 0 Å². The lowest BCUT2D eigenvalue weighted by Crippen LogP contribution is -2.38. The maximum absolute atomic E-state index is 11.6. The Morgan fingerprint density at radius 3 is 2.53 bits per heavy atom. The average molecular weight is 265 g/mol. The normalized spacial score (nSPS) is 12.2. The molecule has 1 aromatic rings. The third kappa shape index (κ3) is 6.82. The van der Waals surface area contributed by atoms with Crippen LogP contribution in [0.4, 0.5) is 4.79 Å². The SMILES string of the molecule is CC(C)CC[C@H](CO)NC(=O)OCc1ccccc1. The lowest BCUT2D eigenvalue weighted by Gasteiger charge is -2.17. The highest BCUT2D eigenvalue weighted by molar-refractivity contribution is 5.67. The van der Waals surface area contributed by atoms with Gasteiger partial charge >= 0.3 is 6.09 Å². The van der Waals surface area contributed by atoms with Crippen LogP contribution in [0.25, 0.3) is 0 Å². The van der Waals surface area contributed by atoms with Gasteiger partial charge in [-0.2, -0.15) is 0 Å². The molecule has 4 nitrogen and oxygen atoms in total. The molecule has 1 aromatic carbocycles. The summed E-state index contributed by atoms with van der Waals surface area (Å²) in [5, 5.41) is 11.9. The van der Waals surface area contributed by atoms with Crippen LogP contribution in [0.15, 0.2) is 30.3 Å². The maximum atomic E-state index is 11.6. The lowest BCUT2D eigenvalue weighted by atomic mass is 10.0. The van der Waals surface area contributed by atoms with Crippen molar-refractivity contribution in [1.82, 2.24) is 5.32 Å². The molecule has 0 unspecified atom stereocenters. The van der Waals surface area contributed by atoms with E-state index in [1.165, 1.54) is 0 Å². The minimum Gasteiger partial charge on any atom is -0.445 e. The smallest absolute Gasteiger partial charge is 0.407 e. The molecule has 0 saturated carbocycles. The number of rotatable bonds is 7. The Kier molecular flexibility index (Phi) is 6.97. The molecule has 2 N–H and O–H groups in total. The molecular weight excluding hydrogens is 242 g/mol. The summed E-state index contributed by atoms with van der Waals surface area (Å²) in [6.07, 6.45) is 1.24. The van der Waals surface area contributed by atoms with Crippen molar-refractivity contribution >= 4 is 6.09 Å². The Morgan fingerprint density at radius 1 is 1.26 bits per heavy atom. The standard InChI is InChI=1S/C15H23NO3/c1-12(2)8-9-14(10-17)16-15(18)19-11-13-6-4-3-5-7-13/h3-7,12,14,17H,8-11H2,1-2H3,(H,16,18)/t14-/m1/s1. The van der Waals surface area contributed by atoms with E-state index in [1.807, 2.05) is 30.3 Å². The zero-order chi connectivity index (χ0) is 14.1. The number of benzene rings is 1. The number of ether oxygens (including phenoxy) is 1. The number of nitrogens with one attached hydrogen (secondary N) is 1. The van der Waals surface area contributed by atoms with Crippen molar-refractivity contribution in [3.63, 3.8) is 0 Å². The molecule has 0 aromatic heterocycles. The highest BCUT2D eigenvalue weighted by Crippen LogP contribution is 2.07. The first-order valence-electron chi connectivity index (χ1n) is 6.70. The van der Waals surface area contributed by atoms with Crippen molar-refractivity contribution in [2.24, 2.45) is 5.92 Å². The van der Waals surface area contributed by atoms with E-state index in [9.17, 15) is 9.90 Å². The monoisotopic (exact) mass is 265 g/mol. The molecule has 0 heterocycles. The number of aliphatic hydroxyl groups excluding tert-OH is 1. The van der Waals surface area contributed by atoms with Crippen LogP contribution >= 0.6 is 0 Å². The van der Waals surface area contributed by atoms with Crippen LogP contribution in [0.1, 0.15) is 32.3 Å². The second-order valence-electron chi connectivity index (χ2n) is 5.06. The van der Waals surface area contributed by atoms with Gasteiger partial charge in [0.2, 0.25) is 0 Å². The summed E-state index contributed by atoms with van der Waals surface area (Å²) >= 11 is 0. The van der Waals surface area contributed by atoms with Crippen LogP contribution in [0.2, 0.25) is 0 Å². The van der Waals surface area contributed by atoms with E-state index in [4.69, 9.17) is 4.74 Å². The number of carbonyl (C=O) groups is 1. The molecule has 0 radical (unpaired) electrons. The van der Waals surface area contributed by atoms with Crippen molar-refractivity contribution in [2.75, 3.05) is 6.61 Å². The van der Waals surface area contributed by atoms with E-state index in [2.05, 4.69) is 19.2 Å². The summed E-state index contributed by atoms with van der Waals surface area (Å²) in [4.78, 5) is 11.6. The molecule has 1 rings (SSSR count). The largest absolute Gasteiger partial charge is 0.445 e. The number of hydrogen-bond acceptors (Lipinski definition) is 3. The quantitative estimate of drug-likeness (QED) is 0.797. The first kappa shape index (κ1) is 15.5. The van der Waals surface area contributed by atoms with Crippen LogP contribution in [0, 0.1) is 5.92 Å². The first-order valence-corrected chi connectivity index (χ1v) is 6.70. The predicted octanol–water partition coefficient (Wildman–Crippen LogP) is 2.71. The van der Waals surface area contributed by atoms with Crippen LogP contribution < -0.4 is 5.32 Å². The number of carbonyl (C=O) groups excluding carboxylic acids is 1. The van der Waals surface area contributed by atoms with Crippen LogP contribution in [0.3, 0.4) is 0 Å². The van der Waals surface area contributed by atoms with Gasteiger partial charge in [-0.1, -0.05) is 44.2 Å². The topological polar surface area (TPSA) is 58.6 Å². The molecule has 0 aliphatic heterocycles. The highest BCUT2D eigenvalue weighted by Gasteiger charge is 2.12. The van der Waals surface area contributed by atoms with Gasteiger partial charge in [0.1, 0.15) is 6.61 Å². The number of alkyl carbamates (subject to hydrolysis) is 1. The fourth-order valence-electron chi connectivity index (χ4n) is 1.68. The highest BCUT2D eigenvalue weighted by atomic mass is 16.5. The third-order valence-electron chi connectivity index (χ3n) is 2.85. The summed E-state index contributed by atoms with van der Waals surface area (Å²) in [6.45, 7) is 4.41. The maximum Gasteiger partial charge on any atom is 0.407 e. The number of amides is 1. The van der Waals surface area contributed by atoms with E-state index in [1.54, 1.807) is 0 Å². The molecule has 19 heavy (non-hydrogen) atoms. The molecule has 1 atom stereocenters. The minimum absolute atomic E-state index is 0.0623. The van der Waals surface area contributed by atoms with Gasteiger partial charge in [-0.25, -0.2) is 4.79 Å².